The molecule has 0 saturated heterocycles. The van der Waals surface area contributed by atoms with Crippen LogP contribution in [0.25, 0.3) is 10.9 Å². The largest absolute Gasteiger partial charge is 0.350 e. The molecule has 1 heterocycles. The Labute approximate surface area is 124 Å². The van der Waals surface area contributed by atoms with E-state index in [1.54, 1.807) is 24.3 Å². The number of aryl methyl sites for hydroxylation is 1. The molecule has 0 spiro atoms. The molecule has 98 valence electrons. The monoisotopic (exact) mass is 269 g/mol. The highest BCUT2D eigenvalue weighted by molar-refractivity contribution is 6.32. The molecule has 2 nitrogen and oxygen atoms in total. The number of Topliss-reactive ketones (excluding diaryl/α,β-unsaturated/α-hetero) is 1. The van der Waals surface area contributed by atoms with Gasteiger partial charge in [0, 0.05) is 29.7 Å². The normalized spacial score (nSPS) is 10.1. The van der Waals surface area contributed by atoms with E-state index in [9.17, 15) is 4.79 Å². The molecule has 21 heavy (non-hydrogen) atoms. The molecule has 2 aromatic carbocycles. The molecular weight excluding hydrogens is 257 g/mol. The smallest absolute Gasteiger partial charge is 0.238 e. The molecule has 0 bridgehead atoms. The van der Waals surface area contributed by atoms with E-state index in [4.69, 9.17) is 7.85 Å². The second-order valence-corrected chi connectivity index (χ2v) is 4.87. The van der Waals surface area contributed by atoms with E-state index in [-0.39, 0.29) is 5.78 Å². The van der Waals surface area contributed by atoms with Gasteiger partial charge in [-0.2, -0.15) is 0 Å². The predicted octanol–water partition coefficient (Wildman–Crippen LogP) is 2.21. The lowest BCUT2D eigenvalue weighted by Gasteiger charge is -1.93. The number of rotatable bonds is 1. The summed E-state index contributed by atoms with van der Waals surface area (Å²) >= 11 is 0. The zero-order valence-corrected chi connectivity index (χ0v) is 11.6. The minimum Gasteiger partial charge on any atom is -0.350 e. The van der Waals surface area contributed by atoms with E-state index >= 15 is 0 Å². The average Bonchev–Trinajstić information content (AvgIpc) is 2.84. The molecule has 0 atom stereocenters. The van der Waals surface area contributed by atoms with Crippen LogP contribution >= 0.6 is 0 Å². The van der Waals surface area contributed by atoms with Gasteiger partial charge >= 0.3 is 0 Å². The van der Waals surface area contributed by atoms with E-state index in [1.807, 2.05) is 42.1 Å². The van der Waals surface area contributed by atoms with E-state index in [1.165, 1.54) is 0 Å². The number of aromatic nitrogens is 1. The van der Waals surface area contributed by atoms with Crippen LogP contribution in [0.2, 0.25) is 0 Å². The van der Waals surface area contributed by atoms with Gasteiger partial charge in [-0.1, -0.05) is 41.7 Å². The second kappa shape index (κ2) is 5.34. The van der Waals surface area contributed by atoms with Gasteiger partial charge in [-0.05, 0) is 24.1 Å². The topological polar surface area (TPSA) is 22.0 Å². The molecule has 0 amide bonds. The second-order valence-electron chi connectivity index (χ2n) is 4.87. The third-order valence-electron chi connectivity index (χ3n) is 3.37. The molecule has 0 fully saturated rings. The summed E-state index contributed by atoms with van der Waals surface area (Å²) < 4.78 is 1.94. The maximum absolute atomic E-state index is 12.3. The van der Waals surface area contributed by atoms with Crippen LogP contribution in [0, 0.1) is 11.8 Å². The lowest BCUT2D eigenvalue weighted by molar-refractivity contribution is 0.105. The number of nitrogens with zero attached hydrogens (tertiary/aromatic N) is 1. The van der Waals surface area contributed by atoms with E-state index < -0.39 is 0 Å². The Morgan fingerprint density at radius 2 is 1.81 bits per heavy atom. The minimum absolute atomic E-state index is 0.177. The summed E-state index contributed by atoms with van der Waals surface area (Å²) in [6.45, 7) is 0. The van der Waals surface area contributed by atoms with Gasteiger partial charge in [-0.25, -0.2) is 0 Å². The number of carbonyl (C=O) groups excluding carboxylic acids is 1. The molecular formula is C18H12BNO. The fourth-order valence-electron chi connectivity index (χ4n) is 2.29. The van der Waals surface area contributed by atoms with Crippen molar-refractivity contribution in [3.05, 3.63) is 65.9 Å². The first kappa shape index (κ1) is 13.3. The molecule has 1 aromatic heterocycles. The number of carbonyl (C=O) groups is 1. The molecule has 3 rings (SSSR count). The molecule has 2 radical (unpaired) electrons. The average molecular weight is 269 g/mol. The summed E-state index contributed by atoms with van der Waals surface area (Å²) in [5.74, 6) is 5.40. The van der Waals surface area contributed by atoms with Crippen LogP contribution in [-0.2, 0) is 7.05 Å². The van der Waals surface area contributed by atoms with Gasteiger partial charge in [-0.3, -0.25) is 4.79 Å². The molecule has 0 saturated carbocycles. The molecule has 3 heteroatoms. The Bertz CT molecular complexity index is 879. The van der Waals surface area contributed by atoms with Gasteiger partial charge in [0.2, 0.25) is 5.78 Å². The Kier molecular flexibility index (Phi) is 3.37. The van der Waals surface area contributed by atoms with Crippen molar-refractivity contribution in [2.24, 2.45) is 7.05 Å². The Morgan fingerprint density at radius 1 is 1.10 bits per heavy atom. The zero-order chi connectivity index (χ0) is 14.8. The van der Waals surface area contributed by atoms with E-state index in [0.29, 0.717) is 11.0 Å². The quantitative estimate of drug-likeness (QED) is 0.377. The predicted molar refractivity (Wildman–Crippen MR) is 86.0 cm³/mol. The van der Waals surface area contributed by atoms with Gasteiger partial charge < -0.3 is 4.57 Å². The maximum atomic E-state index is 12.3. The van der Waals surface area contributed by atoms with Gasteiger partial charge in [0.05, 0.1) is 5.56 Å². The highest BCUT2D eigenvalue weighted by Gasteiger charge is 2.11. The first-order valence-corrected chi connectivity index (χ1v) is 6.61. The van der Waals surface area contributed by atoms with Crippen LogP contribution in [0.1, 0.15) is 15.9 Å². The third kappa shape index (κ3) is 2.61. The lowest BCUT2D eigenvalue weighted by atomic mass is 9.95. The van der Waals surface area contributed by atoms with Gasteiger partial charge in [0.1, 0.15) is 7.85 Å². The Hall–Kier alpha value is -2.73. The van der Waals surface area contributed by atoms with E-state index in [2.05, 4.69) is 11.8 Å². The summed E-state index contributed by atoms with van der Waals surface area (Å²) in [4.78, 5) is 12.3. The van der Waals surface area contributed by atoms with Crippen molar-refractivity contribution >= 4 is 30.0 Å². The van der Waals surface area contributed by atoms with Gasteiger partial charge in [0.15, 0.2) is 0 Å². The number of ketones is 1. The van der Waals surface area contributed by atoms with Crippen molar-refractivity contribution in [1.82, 2.24) is 4.57 Å². The number of hydrogen-bond donors (Lipinski definition) is 0. The van der Waals surface area contributed by atoms with Crippen molar-refractivity contribution in [2.45, 2.75) is 0 Å². The Balaban J connectivity index is 1.97. The maximum Gasteiger partial charge on any atom is 0.238 e. The van der Waals surface area contributed by atoms with Crippen LogP contribution in [0.15, 0.2) is 54.7 Å². The number of benzene rings is 2. The van der Waals surface area contributed by atoms with Crippen molar-refractivity contribution in [3.63, 3.8) is 0 Å². The van der Waals surface area contributed by atoms with Gasteiger partial charge in [-0.15, -0.1) is 0 Å². The summed E-state index contributed by atoms with van der Waals surface area (Å²) in [6.07, 6.45) is 1.82. The molecule has 0 aliphatic heterocycles. The van der Waals surface area contributed by atoms with Crippen molar-refractivity contribution in [1.29, 1.82) is 0 Å². The SMILES string of the molecule is [B]c1ccc(C#CC(=O)c2cn(C)c3ccccc23)cc1. The third-order valence-corrected chi connectivity index (χ3v) is 3.37. The first-order chi connectivity index (χ1) is 10.1. The molecule has 0 unspecified atom stereocenters. The Morgan fingerprint density at radius 3 is 2.57 bits per heavy atom. The van der Waals surface area contributed by atoms with Gasteiger partial charge in [0.25, 0.3) is 0 Å². The minimum atomic E-state index is -0.177. The van der Waals surface area contributed by atoms with Crippen molar-refractivity contribution in [2.75, 3.05) is 0 Å². The highest BCUT2D eigenvalue weighted by Crippen LogP contribution is 2.20. The standard InChI is InChI=1S/C18H12BNO/c1-20-12-16(15-4-2-3-5-17(15)20)18(21)11-8-13-6-9-14(19)10-7-13/h2-7,9-10,12H,1H3. The summed E-state index contributed by atoms with van der Waals surface area (Å²) in [5, 5.41) is 0.927. The number of hydrogen-bond acceptors (Lipinski definition) is 1. The van der Waals surface area contributed by atoms with Crippen LogP contribution < -0.4 is 5.46 Å². The van der Waals surface area contributed by atoms with Crippen molar-refractivity contribution < 1.29 is 4.79 Å². The zero-order valence-electron chi connectivity index (χ0n) is 11.6. The molecule has 3 aromatic rings. The van der Waals surface area contributed by atoms with Crippen molar-refractivity contribution in [3.8, 4) is 11.8 Å². The van der Waals surface area contributed by atoms with Crippen LogP contribution in [-0.4, -0.2) is 18.2 Å². The van der Waals surface area contributed by atoms with E-state index in [0.717, 1.165) is 16.5 Å². The highest BCUT2D eigenvalue weighted by atomic mass is 16.1. The van der Waals surface area contributed by atoms with Crippen LogP contribution in [0.4, 0.5) is 0 Å². The fraction of sp³-hybridized carbons (Fsp3) is 0.0556. The van der Waals surface area contributed by atoms with Crippen LogP contribution in [0.3, 0.4) is 0 Å². The van der Waals surface area contributed by atoms with Crippen LogP contribution in [0.5, 0.6) is 0 Å². The lowest BCUT2D eigenvalue weighted by Crippen LogP contribution is -1.99. The number of fused-ring (bicyclic) bond motifs is 1. The summed E-state index contributed by atoms with van der Waals surface area (Å²) in [6, 6.07) is 15.0. The summed E-state index contributed by atoms with van der Waals surface area (Å²) in [5.41, 5.74) is 3.12. The first-order valence-electron chi connectivity index (χ1n) is 6.61. The molecule has 0 aliphatic carbocycles. The molecule has 0 aliphatic rings. The summed E-state index contributed by atoms with van der Waals surface area (Å²) in [7, 11) is 7.54. The molecule has 0 N–H and O–H groups in total. The number of para-hydroxylation sites is 1. The fourth-order valence-corrected chi connectivity index (χ4v) is 2.29.